The van der Waals surface area contributed by atoms with Crippen LogP contribution in [0.15, 0.2) is 24.3 Å². The molecule has 31 heavy (non-hydrogen) atoms. The number of aromatic nitrogens is 4. The average Bonchev–Trinajstić information content (AvgIpc) is 3.33. The van der Waals surface area contributed by atoms with Gasteiger partial charge in [0.25, 0.3) is 0 Å². The summed E-state index contributed by atoms with van der Waals surface area (Å²) >= 11 is 1.66. The van der Waals surface area contributed by atoms with Crippen LogP contribution in [0.1, 0.15) is 99.8 Å². The number of tetrazole rings is 1. The predicted molar refractivity (Wildman–Crippen MR) is 127 cm³/mol. The van der Waals surface area contributed by atoms with Crippen molar-refractivity contribution < 1.29 is 9.53 Å². The zero-order valence-electron chi connectivity index (χ0n) is 19.1. The monoisotopic (exact) mass is 446 g/mol. The standard InChI is InChI=1S/C24H38N4O2S/c1-3-4-5-6-7-8-9-10-11-12-15-20-16-13-14-17-21(20)23(24-25-27-28-26-24)31-19-18-22(29)30-2/h13-14,16-17,23H,3-12,15,18-19H2,1-2H3,(H,25,26,27,28). The SMILES string of the molecule is CCCCCCCCCCCCc1ccccc1C(SCCC(=O)OC)c1nn[nH]n1. The van der Waals surface area contributed by atoms with Gasteiger partial charge in [0, 0.05) is 5.75 Å². The van der Waals surface area contributed by atoms with Gasteiger partial charge >= 0.3 is 5.97 Å². The molecule has 1 aromatic carbocycles. The van der Waals surface area contributed by atoms with Gasteiger partial charge in [0.15, 0.2) is 5.82 Å². The molecular weight excluding hydrogens is 408 g/mol. The second-order valence-corrected chi connectivity index (χ2v) is 9.19. The largest absolute Gasteiger partial charge is 0.469 e. The van der Waals surface area contributed by atoms with E-state index in [9.17, 15) is 4.79 Å². The Bertz CT molecular complexity index is 724. The van der Waals surface area contributed by atoms with Crippen LogP contribution in [0.2, 0.25) is 0 Å². The topological polar surface area (TPSA) is 80.8 Å². The quantitative estimate of drug-likeness (QED) is 0.235. The third-order valence-electron chi connectivity index (χ3n) is 5.55. The van der Waals surface area contributed by atoms with Crippen molar-refractivity contribution >= 4 is 17.7 Å². The fourth-order valence-electron chi connectivity index (χ4n) is 3.77. The van der Waals surface area contributed by atoms with Gasteiger partial charge in [-0.25, -0.2) is 0 Å². The molecule has 0 fully saturated rings. The number of carbonyl (C=O) groups excluding carboxylic acids is 1. The number of hydrogen-bond acceptors (Lipinski definition) is 6. The van der Waals surface area contributed by atoms with Gasteiger partial charge in [0.05, 0.1) is 18.8 Å². The molecule has 2 rings (SSSR count). The van der Waals surface area contributed by atoms with Gasteiger partial charge in [-0.05, 0) is 24.0 Å². The summed E-state index contributed by atoms with van der Waals surface area (Å²) in [7, 11) is 1.42. The smallest absolute Gasteiger partial charge is 0.306 e. The van der Waals surface area contributed by atoms with E-state index in [2.05, 4.69) is 51.8 Å². The summed E-state index contributed by atoms with van der Waals surface area (Å²) in [4.78, 5) is 11.5. The number of methoxy groups -OCH3 is 1. The maximum Gasteiger partial charge on any atom is 0.306 e. The van der Waals surface area contributed by atoms with Crippen LogP contribution < -0.4 is 0 Å². The maximum atomic E-state index is 11.5. The van der Waals surface area contributed by atoms with Crippen LogP contribution in [-0.2, 0) is 16.0 Å². The van der Waals surface area contributed by atoms with Crippen molar-refractivity contribution in [3.63, 3.8) is 0 Å². The summed E-state index contributed by atoms with van der Waals surface area (Å²) in [6.45, 7) is 2.27. The highest BCUT2D eigenvalue weighted by Gasteiger charge is 2.22. The molecule has 0 saturated heterocycles. The summed E-state index contributed by atoms with van der Waals surface area (Å²) in [5.41, 5.74) is 2.55. The third-order valence-corrected chi connectivity index (χ3v) is 6.79. The van der Waals surface area contributed by atoms with Crippen molar-refractivity contribution in [1.29, 1.82) is 0 Å². The van der Waals surface area contributed by atoms with E-state index >= 15 is 0 Å². The van der Waals surface area contributed by atoms with Crippen LogP contribution in [0.25, 0.3) is 0 Å². The summed E-state index contributed by atoms with van der Waals surface area (Å²) in [6.07, 6.45) is 14.8. The van der Waals surface area contributed by atoms with E-state index in [-0.39, 0.29) is 11.2 Å². The minimum absolute atomic E-state index is 0.0391. The van der Waals surface area contributed by atoms with Crippen LogP contribution in [0.4, 0.5) is 0 Å². The highest BCUT2D eigenvalue weighted by molar-refractivity contribution is 7.99. The second kappa shape index (κ2) is 15.8. The molecule has 2 aromatic rings. The number of esters is 1. The Kier molecular flexibility index (Phi) is 13.0. The lowest BCUT2D eigenvalue weighted by atomic mass is 9.98. The van der Waals surface area contributed by atoms with E-state index in [0.717, 1.165) is 6.42 Å². The van der Waals surface area contributed by atoms with Crippen LogP contribution in [-0.4, -0.2) is 39.5 Å². The fourth-order valence-corrected chi connectivity index (χ4v) is 4.95. The molecule has 0 radical (unpaired) electrons. The number of aryl methyl sites for hydroxylation is 1. The molecule has 1 heterocycles. The Morgan fingerprint density at radius 3 is 2.35 bits per heavy atom. The molecule has 0 aliphatic carbocycles. The highest BCUT2D eigenvalue weighted by Crippen LogP contribution is 2.36. The third kappa shape index (κ3) is 9.85. The number of ether oxygens (including phenoxy) is 1. The lowest BCUT2D eigenvalue weighted by Gasteiger charge is -2.17. The van der Waals surface area contributed by atoms with Crippen LogP contribution in [0.3, 0.4) is 0 Å². The Balaban J connectivity index is 1.83. The van der Waals surface area contributed by atoms with E-state index < -0.39 is 0 Å². The Labute approximate surface area is 191 Å². The summed E-state index contributed by atoms with van der Waals surface area (Å²) < 4.78 is 4.77. The summed E-state index contributed by atoms with van der Waals surface area (Å²) in [5, 5.41) is 14.7. The van der Waals surface area contributed by atoms with E-state index in [4.69, 9.17) is 4.74 Å². The molecule has 1 N–H and O–H groups in total. The van der Waals surface area contributed by atoms with Crippen molar-refractivity contribution in [1.82, 2.24) is 20.6 Å². The lowest BCUT2D eigenvalue weighted by molar-refractivity contribution is -0.140. The molecule has 7 heteroatoms. The zero-order valence-corrected chi connectivity index (χ0v) is 20.0. The zero-order chi connectivity index (χ0) is 22.2. The van der Waals surface area contributed by atoms with Crippen molar-refractivity contribution in [3.05, 3.63) is 41.2 Å². The molecule has 0 spiro atoms. The van der Waals surface area contributed by atoms with Gasteiger partial charge in [-0.15, -0.1) is 22.0 Å². The minimum atomic E-state index is -0.196. The summed E-state index contributed by atoms with van der Waals surface area (Å²) in [5.74, 6) is 1.11. The van der Waals surface area contributed by atoms with Gasteiger partial charge in [0.2, 0.25) is 0 Å². The number of nitrogens with zero attached hydrogens (tertiary/aromatic N) is 3. The first-order valence-electron chi connectivity index (χ1n) is 11.8. The van der Waals surface area contributed by atoms with Gasteiger partial charge < -0.3 is 4.74 Å². The number of nitrogens with one attached hydrogen (secondary N) is 1. The minimum Gasteiger partial charge on any atom is -0.469 e. The molecule has 1 aromatic heterocycles. The van der Waals surface area contributed by atoms with E-state index in [0.29, 0.717) is 18.0 Å². The van der Waals surface area contributed by atoms with Gasteiger partial charge in [-0.1, -0.05) is 94.2 Å². The second-order valence-electron chi connectivity index (χ2n) is 7.98. The fraction of sp³-hybridized carbons (Fsp3) is 0.667. The molecule has 1 unspecified atom stereocenters. The Morgan fingerprint density at radius 2 is 1.71 bits per heavy atom. The summed E-state index contributed by atoms with van der Waals surface area (Å²) in [6, 6.07) is 8.52. The van der Waals surface area contributed by atoms with Crippen LogP contribution in [0, 0.1) is 0 Å². The first kappa shape index (κ1) is 25.4. The number of unbranched alkanes of at least 4 members (excludes halogenated alkanes) is 9. The van der Waals surface area contributed by atoms with Crippen molar-refractivity contribution in [2.75, 3.05) is 12.9 Å². The van der Waals surface area contributed by atoms with Crippen LogP contribution >= 0.6 is 11.8 Å². The number of H-pyrrole nitrogens is 1. The Morgan fingerprint density at radius 1 is 1.03 bits per heavy atom. The molecule has 0 bridgehead atoms. The molecule has 0 aliphatic heterocycles. The van der Waals surface area contributed by atoms with Crippen LogP contribution in [0.5, 0.6) is 0 Å². The normalized spacial score (nSPS) is 12.1. The first-order valence-corrected chi connectivity index (χ1v) is 12.8. The van der Waals surface area contributed by atoms with E-state index in [1.807, 2.05) is 0 Å². The van der Waals surface area contributed by atoms with Gasteiger partial charge in [-0.2, -0.15) is 5.21 Å². The molecule has 0 aliphatic rings. The van der Waals surface area contributed by atoms with E-state index in [1.165, 1.54) is 82.4 Å². The lowest BCUT2D eigenvalue weighted by Crippen LogP contribution is -2.07. The van der Waals surface area contributed by atoms with Gasteiger partial charge in [0.1, 0.15) is 0 Å². The number of benzene rings is 1. The van der Waals surface area contributed by atoms with Crippen molar-refractivity contribution in [2.24, 2.45) is 0 Å². The average molecular weight is 447 g/mol. The Hall–Kier alpha value is -1.89. The van der Waals surface area contributed by atoms with E-state index in [1.54, 1.807) is 11.8 Å². The van der Waals surface area contributed by atoms with Crippen molar-refractivity contribution in [2.45, 2.75) is 89.2 Å². The van der Waals surface area contributed by atoms with Gasteiger partial charge in [-0.3, -0.25) is 4.79 Å². The molecular formula is C24H38N4O2S. The number of hydrogen-bond donors (Lipinski definition) is 1. The number of thioether (sulfide) groups is 1. The molecule has 0 amide bonds. The highest BCUT2D eigenvalue weighted by atomic mass is 32.2. The van der Waals surface area contributed by atoms with Crippen molar-refractivity contribution in [3.8, 4) is 0 Å². The number of carbonyl (C=O) groups is 1. The first-order chi connectivity index (χ1) is 15.3. The number of rotatable bonds is 17. The molecule has 0 saturated carbocycles. The molecule has 172 valence electrons. The predicted octanol–water partition coefficient (Wildman–Crippen LogP) is 6.05. The number of aromatic amines is 1. The molecule has 1 atom stereocenters. The maximum absolute atomic E-state index is 11.5. The molecule has 6 nitrogen and oxygen atoms in total.